The highest BCUT2D eigenvalue weighted by atomic mass is 16.4. The van der Waals surface area contributed by atoms with Gasteiger partial charge in [-0.1, -0.05) is 51.9 Å². The number of phenolic OH excluding ortho intramolecular Hbond substituents is 3. The van der Waals surface area contributed by atoms with Gasteiger partial charge >= 0.3 is 0 Å². The molecule has 0 aliphatic heterocycles. The summed E-state index contributed by atoms with van der Waals surface area (Å²) in [4.78, 5) is 12.7. The Morgan fingerprint density at radius 2 is 1.41 bits per heavy atom. The number of rotatable bonds is 10. The van der Waals surface area contributed by atoms with Crippen molar-refractivity contribution in [2.24, 2.45) is 0 Å². The molecule has 1 aromatic heterocycles. The van der Waals surface area contributed by atoms with Crippen molar-refractivity contribution in [3.8, 4) is 34.3 Å². The van der Waals surface area contributed by atoms with Gasteiger partial charge in [-0.3, -0.25) is 4.79 Å². The smallest absolute Gasteiger partial charge is 0.235 e. The van der Waals surface area contributed by atoms with Crippen LogP contribution in [0.1, 0.15) is 63.9 Å². The Kier molecular flexibility index (Phi) is 7.51. The third-order valence-corrected chi connectivity index (χ3v) is 5.76. The number of benzene rings is 2. The molecule has 0 bridgehead atoms. The van der Waals surface area contributed by atoms with E-state index in [9.17, 15) is 25.2 Å². The fourth-order valence-corrected chi connectivity index (χ4v) is 3.89. The Hall–Kier alpha value is -3.35. The van der Waals surface area contributed by atoms with Gasteiger partial charge in [-0.05, 0) is 42.7 Å². The first-order valence-corrected chi connectivity index (χ1v) is 11.2. The first kappa shape index (κ1) is 23.3. The van der Waals surface area contributed by atoms with E-state index in [0.717, 1.165) is 37.0 Å². The monoisotopic (exact) mass is 441 g/mol. The van der Waals surface area contributed by atoms with Gasteiger partial charge in [-0.15, -0.1) is 0 Å². The second-order valence-electron chi connectivity index (χ2n) is 8.24. The fourth-order valence-electron chi connectivity index (χ4n) is 3.89. The van der Waals surface area contributed by atoms with E-state index in [1.165, 1.54) is 44.6 Å². The molecule has 0 aliphatic rings. The molecule has 0 atom stereocenters. The van der Waals surface area contributed by atoms with E-state index in [1.807, 2.05) is 0 Å². The Labute approximate surface area is 186 Å². The number of nitrogens with two attached hydrogens (primary N) is 1. The van der Waals surface area contributed by atoms with Crippen molar-refractivity contribution >= 4 is 16.7 Å². The van der Waals surface area contributed by atoms with Crippen molar-refractivity contribution in [3.05, 3.63) is 40.1 Å². The van der Waals surface area contributed by atoms with E-state index in [-0.39, 0.29) is 22.3 Å². The normalized spacial score (nSPS) is 11.3. The predicted octanol–water partition coefficient (Wildman–Crippen LogP) is 5.55. The fraction of sp³-hybridized carbons (Fsp3) is 0.400. The largest absolute Gasteiger partial charge is 0.504 e. The Bertz CT molecular complexity index is 1130. The maximum absolute atomic E-state index is 12.7. The third-order valence-electron chi connectivity index (χ3n) is 5.76. The van der Waals surface area contributed by atoms with E-state index >= 15 is 0 Å². The molecule has 0 fully saturated rings. The maximum Gasteiger partial charge on any atom is 0.235 e. The molecule has 0 amide bonds. The molecule has 0 saturated carbocycles. The summed E-state index contributed by atoms with van der Waals surface area (Å²) in [7, 11) is 0. The van der Waals surface area contributed by atoms with Crippen LogP contribution >= 0.6 is 0 Å². The molecule has 7 nitrogen and oxygen atoms in total. The molecular formula is C25H31NO6. The number of nitrogen functional groups attached to an aromatic ring is 1. The lowest BCUT2D eigenvalue weighted by molar-refractivity contribution is 0.368. The number of hydrogen-bond acceptors (Lipinski definition) is 7. The van der Waals surface area contributed by atoms with Gasteiger partial charge in [-0.2, -0.15) is 0 Å². The molecule has 0 spiro atoms. The van der Waals surface area contributed by atoms with Crippen molar-refractivity contribution < 1.29 is 24.8 Å². The van der Waals surface area contributed by atoms with E-state index in [1.54, 1.807) is 6.07 Å². The van der Waals surface area contributed by atoms with Crippen LogP contribution in [0.4, 0.5) is 5.69 Å². The summed E-state index contributed by atoms with van der Waals surface area (Å²) in [5, 5.41) is 39.6. The van der Waals surface area contributed by atoms with Crippen molar-refractivity contribution in [1.29, 1.82) is 0 Å². The van der Waals surface area contributed by atoms with Crippen molar-refractivity contribution in [2.75, 3.05) is 5.73 Å². The zero-order valence-electron chi connectivity index (χ0n) is 18.4. The van der Waals surface area contributed by atoms with Crippen molar-refractivity contribution in [2.45, 2.75) is 64.7 Å². The van der Waals surface area contributed by atoms with Gasteiger partial charge < -0.3 is 30.6 Å². The van der Waals surface area contributed by atoms with Gasteiger partial charge in [0.1, 0.15) is 5.58 Å². The average molecular weight is 442 g/mol. The molecule has 0 radical (unpaired) electrons. The molecule has 172 valence electrons. The quantitative estimate of drug-likeness (QED) is 0.158. The highest BCUT2D eigenvalue weighted by molar-refractivity contribution is 5.86. The molecule has 0 unspecified atom stereocenters. The first-order valence-electron chi connectivity index (χ1n) is 11.2. The third kappa shape index (κ3) is 5.10. The summed E-state index contributed by atoms with van der Waals surface area (Å²) in [6.45, 7) is 2.21. The summed E-state index contributed by atoms with van der Waals surface area (Å²) in [5.74, 6) is -2.78. The summed E-state index contributed by atoms with van der Waals surface area (Å²) in [6, 6.07) is 5.40. The van der Waals surface area contributed by atoms with Crippen molar-refractivity contribution in [3.63, 3.8) is 0 Å². The second kappa shape index (κ2) is 10.3. The molecule has 0 aliphatic carbocycles. The first-order chi connectivity index (χ1) is 15.3. The molecule has 3 rings (SSSR count). The van der Waals surface area contributed by atoms with Crippen LogP contribution in [0.15, 0.2) is 33.5 Å². The molecule has 7 heteroatoms. The maximum atomic E-state index is 12.7. The second-order valence-corrected chi connectivity index (χ2v) is 8.24. The molecule has 6 N–H and O–H groups in total. The average Bonchev–Trinajstić information content (AvgIpc) is 2.77. The molecule has 0 saturated heterocycles. The van der Waals surface area contributed by atoms with Crippen LogP contribution in [-0.4, -0.2) is 20.4 Å². The zero-order valence-corrected chi connectivity index (χ0v) is 18.4. The van der Waals surface area contributed by atoms with Gasteiger partial charge in [0.15, 0.2) is 23.0 Å². The van der Waals surface area contributed by atoms with Crippen LogP contribution in [0.5, 0.6) is 23.0 Å². The van der Waals surface area contributed by atoms with E-state index < -0.39 is 28.4 Å². The minimum atomic E-state index is -0.697. The topological polar surface area (TPSA) is 137 Å². The van der Waals surface area contributed by atoms with Crippen LogP contribution in [0.25, 0.3) is 22.3 Å². The van der Waals surface area contributed by atoms with Crippen molar-refractivity contribution in [1.82, 2.24) is 0 Å². The van der Waals surface area contributed by atoms with Gasteiger partial charge in [0.05, 0.1) is 5.39 Å². The van der Waals surface area contributed by atoms with Gasteiger partial charge in [-0.25, -0.2) is 0 Å². The zero-order chi connectivity index (χ0) is 23.3. The highest BCUT2D eigenvalue weighted by Gasteiger charge is 2.19. The van der Waals surface area contributed by atoms with E-state index in [4.69, 9.17) is 10.2 Å². The standard InChI is InChI=1S/C25H31NO6/c1-2-3-4-5-6-7-8-9-10-15-13-21-17(14-18(15)26)22(29)24(31)25(32-21)16-11-19(27)23(30)20(28)12-16/h11-14,27-28,30-31H,2-10,26H2,1H3. The van der Waals surface area contributed by atoms with Gasteiger partial charge in [0.2, 0.25) is 11.2 Å². The van der Waals surface area contributed by atoms with Crippen LogP contribution in [0.2, 0.25) is 0 Å². The van der Waals surface area contributed by atoms with Crippen LogP contribution in [0.3, 0.4) is 0 Å². The number of aromatic hydroxyl groups is 4. The lowest BCUT2D eigenvalue weighted by atomic mass is 10.0. The minimum Gasteiger partial charge on any atom is -0.504 e. The van der Waals surface area contributed by atoms with Gasteiger partial charge in [0, 0.05) is 11.3 Å². The summed E-state index contributed by atoms with van der Waals surface area (Å²) in [5.41, 5.74) is 7.12. The molecule has 2 aromatic carbocycles. The molecule has 3 aromatic rings. The number of fused-ring (bicyclic) bond motifs is 1. The number of phenols is 3. The highest BCUT2D eigenvalue weighted by Crippen LogP contribution is 2.41. The summed E-state index contributed by atoms with van der Waals surface area (Å²) < 4.78 is 5.78. The Morgan fingerprint density at radius 1 is 0.812 bits per heavy atom. The van der Waals surface area contributed by atoms with Crippen LogP contribution in [-0.2, 0) is 6.42 Å². The van der Waals surface area contributed by atoms with Crippen LogP contribution in [0, 0.1) is 0 Å². The molecular weight excluding hydrogens is 410 g/mol. The van der Waals surface area contributed by atoms with Crippen LogP contribution < -0.4 is 11.2 Å². The van der Waals surface area contributed by atoms with E-state index in [2.05, 4.69) is 6.92 Å². The molecule has 32 heavy (non-hydrogen) atoms. The lowest BCUT2D eigenvalue weighted by Gasteiger charge is -2.11. The number of hydrogen-bond donors (Lipinski definition) is 5. The molecule has 1 heterocycles. The Balaban J connectivity index is 1.82. The SMILES string of the molecule is CCCCCCCCCCc1cc2oc(-c3cc(O)c(O)c(O)c3)c(O)c(=O)c2cc1N. The lowest BCUT2D eigenvalue weighted by Crippen LogP contribution is -2.05. The van der Waals surface area contributed by atoms with Gasteiger partial charge in [0.25, 0.3) is 0 Å². The number of unbranched alkanes of at least 4 members (excludes halogenated alkanes) is 7. The minimum absolute atomic E-state index is 0.0516. The summed E-state index contributed by atoms with van der Waals surface area (Å²) >= 11 is 0. The summed E-state index contributed by atoms with van der Waals surface area (Å²) in [6.07, 6.45) is 10.3. The number of anilines is 1. The van der Waals surface area contributed by atoms with E-state index in [0.29, 0.717) is 5.69 Å². The Morgan fingerprint density at radius 3 is 2.03 bits per heavy atom. The predicted molar refractivity (Wildman–Crippen MR) is 125 cm³/mol. The number of aryl methyl sites for hydroxylation is 1.